The molecule has 0 spiro atoms. The summed E-state index contributed by atoms with van der Waals surface area (Å²) in [7, 11) is 0. The van der Waals surface area contributed by atoms with Gasteiger partial charge in [-0.1, -0.05) is 32.0 Å². The number of thiazole rings is 1. The molecular formula is C18H20N4O2S. The standard InChI is InChI=1S/C18H20N4O2S/c1-11(2)9-22-14-7-5-4-6-13(14)17(18(22)24)21-20-15(23)8-16-19-12(3)10-25-16/h4-7,10-11,24H,8-9H2,1-3H3. The molecule has 130 valence electrons. The molecule has 3 rings (SSSR count). The molecule has 7 heteroatoms. The van der Waals surface area contributed by atoms with Gasteiger partial charge in [0.05, 0.1) is 11.9 Å². The second-order valence-electron chi connectivity index (χ2n) is 6.35. The topological polar surface area (TPSA) is 79.8 Å². The van der Waals surface area contributed by atoms with Crippen LogP contribution >= 0.6 is 11.3 Å². The zero-order valence-electron chi connectivity index (χ0n) is 14.4. The summed E-state index contributed by atoms with van der Waals surface area (Å²) in [5, 5.41) is 21.8. The van der Waals surface area contributed by atoms with Gasteiger partial charge in [-0.05, 0) is 18.9 Å². The first kappa shape index (κ1) is 17.3. The predicted molar refractivity (Wildman–Crippen MR) is 98.5 cm³/mol. The van der Waals surface area contributed by atoms with E-state index in [0.717, 1.165) is 16.6 Å². The SMILES string of the molecule is Cc1csc(CC(=O)N=Nc2c(O)n(CC(C)C)c3ccccc23)n1. The number of rotatable bonds is 5. The van der Waals surface area contributed by atoms with Crippen LogP contribution in [0.25, 0.3) is 10.9 Å². The van der Waals surface area contributed by atoms with E-state index < -0.39 is 0 Å². The fourth-order valence-electron chi connectivity index (χ4n) is 2.67. The van der Waals surface area contributed by atoms with Crippen molar-refractivity contribution in [1.29, 1.82) is 0 Å². The van der Waals surface area contributed by atoms with E-state index in [1.165, 1.54) is 11.3 Å². The molecule has 1 aromatic carbocycles. The maximum atomic E-state index is 12.0. The minimum atomic E-state index is -0.380. The van der Waals surface area contributed by atoms with Gasteiger partial charge >= 0.3 is 0 Å². The Balaban J connectivity index is 1.90. The molecule has 2 heterocycles. The number of carbonyl (C=O) groups is 1. The van der Waals surface area contributed by atoms with Gasteiger partial charge in [-0.25, -0.2) is 4.98 Å². The second kappa shape index (κ2) is 7.14. The van der Waals surface area contributed by atoms with Gasteiger partial charge in [0, 0.05) is 23.0 Å². The van der Waals surface area contributed by atoms with Gasteiger partial charge in [0.25, 0.3) is 5.91 Å². The number of nitrogens with zero attached hydrogens (tertiary/aromatic N) is 4. The summed E-state index contributed by atoms with van der Waals surface area (Å²) >= 11 is 1.43. The van der Waals surface area contributed by atoms with Crippen LogP contribution in [0.15, 0.2) is 39.9 Å². The summed E-state index contributed by atoms with van der Waals surface area (Å²) in [6.07, 6.45) is 0.118. The Morgan fingerprint density at radius 1 is 1.36 bits per heavy atom. The summed E-state index contributed by atoms with van der Waals surface area (Å²) in [4.78, 5) is 16.3. The van der Waals surface area contributed by atoms with Crippen LogP contribution in [0.1, 0.15) is 24.5 Å². The van der Waals surface area contributed by atoms with Crippen LogP contribution in [0.2, 0.25) is 0 Å². The average molecular weight is 356 g/mol. The summed E-state index contributed by atoms with van der Waals surface area (Å²) in [5.74, 6) is 0.0206. The molecule has 0 aliphatic rings. The van der Waals surface area contributed by atoms with Crippen molar-refractivity contribution in [3.05, 3.63) is 40.3 Å². The first-order chi connectivity index (χ1) is 12.0. The van der Waals surface area contributed by atoms with Gasteiger partial charge in [-0.15, -0.1) is 21.6 Å². The lowest BCUT2D eigenvalue weighted by Gasteiger charge is -2.09. The third kappa shape index (κ3) is 3.76. The summed E-state index contributed by atoms with van der Waals surface area (Å²) < 4.78 is 1.81. The number of aromatic hydroxyl groups is 1. The molecule has 0 aliphatic heterocycles. The van der Waals surface area contributed by atoms with E-state index in [4.69, 9.17) is 0 Å². The lowest BCUT2D eigenvalue weighted by atomic mass is 10.2. The van der Waals surface area contributed by atoms with Gasteiger partial charge in [0.2, 0.25) is 5.88 Å². The Labute approximate surface area is 149 Å². The van der Waals surface area contributed by atoms with Gasteiger partial charge in [0.1, 0.15) is 5.01 Å². The number of aryl methyl sites for hydroxylation is 1. The van der Waals surface area contributed by atoms with E-state index in [1.807, 2.05) is 41.1 Å². The predicted octanol–water partition coefficient (Wildman–Crippen LogP) is 4.62. The fraction of sp³-hybridized carbons (Fsp3) is 0.333. The van der Waals surface area contributed by atoms with E-state index in [2.05, 4.69) is 29.1 Å². The Morgan fingerprint density at radius 3 is 2.80 bits per heavy atom. The van der Waals surface area contributed by atoms with Crippen LogP contribution < -0.4 is 0 Å². The van der Waals surface area contributed by atoms with Crippen molar-refractivity contribution in [2.45, 2.75) is 33.7 Å². The number of para-hydroxylation sites is 1. The zero-order chi connectivity index (χ0) is 18.0. The average Bonchev–Trinajstić information content (AvgIpc) is 3.08. The molecule has 2 aromatic heterocycles. The third-order valence-corrected chi connectivity index (χ3v) is 4.66. The number of aromatic nitrogens is 2. The smallest absolute Gasteiger partial charge is 0.271 e. The van der Waals surface area contributed by atoms with E-state index in [1.54, 1.807) is 0 Å². The van der Waals surface area contributed by atoms with E-state index >= 15 is 0 Å². The number of carbonyl (C=O) groups excluding carboxylic acids is 1. The van der Waals surface area contributed by atoms with Crippen LogP contribution in [0.4, 0.5) is 5.69 Å². The van der Waals surface area contributed by atoms with Crippen molar-refractivity contribution >= 4 is 33.8 Å². The first-order valence-corrected chi connectivity index (χ1v) is 8.99. The second-order valence-corrected chi connectivity index (χ2v) is 7.29. The molecule has 0 unspecified atom stereocenters. The molecule has 0 atom stereocenters. The minimum Gasteiger partial charge on any atom is -0.493 e. The number of benzene rings is 1. The molecule has 0 fully saturated rings. The van der Waals surface area contributed by atoms with Crippen molar-refractivity contribution in [2.24, 2.45) is 16.1 Å². The van der Waals surface area contributed by atoms with Crippen molar-refractivity contribution in [3.63, 3.8) is 0 Å². The van der Waals surface area contributed by atoms with Crippen LogP contribution in [0.5, 0.6) is 5.88 Å². The molecule has 6 nitrogen and oxygen atoms in total. The highest BCUT2D eigenvalue weighted by atomic mass is 32.1. The molecule has 0 saturated heterocycles. The first-order valence-electron chi connectivity index (χ1n) is 8.11. The Kier molecular flexibility index (Phi) is 4.94. The van der Waals surface area contributed by atoms with E-state index in [0.29, 0.717) is 23.2 Å². The molecule has 0 aliphatic carbocycles. The molecule has 0 bridgehead atoms. The van der Waals surface area contributed by atoms with Gasteiger partial charge in [0.15, 0.2) is 5.69 Å². The monoisotopic (exact) mass is 356 g/mol. The van der Waals surface area contributed by atoms with Crippen molar-refractivity contribution < 1.29 is 9.90 Å². The Hall–Kier alpha value is -2.54. The highest BCUT2D eigenvalue weighted by Gasteiger charge is 2.17. The van der Waals surface area contributed by atoms with Crippen molar-refractivity contribution in [1.82, 2.24) is 9.55 Å². The number of amides is 1. The Bertz CT molecular complexity index is 940. The summed E-state index contributed by atoms with van der Waals surface area (Å²) in [6.45, 7) is 6.70. The maximum Gasteiger partial charge on any atom is 0.271 e. The van der Waals surface area contributed by atoms with Gasteiger partial charge < -0.3 is 9.67 Å². The highest BCUT2D eigenvalue weighted by Crippen LogP contribution is 2.39. The number of azo groups is 1. The lowest BCUT2D eigenvalue weighted by Crippen LogP contribution is -2.03. The van der Waals surface area contributed by atoms with E-state index in [9.17, 15) is 9.90 Å². The molecule has 3 aromatic rings. The molecule has 1 N–H and O–H groups in total. The number of hydrogen-bond donors (Lipinski definition) is 1. The van der Waals surface area contributed by atoms with Crippen LogP contribution in [0, 0.1) is 12.8 Å². The fourth-order valence-corrected chi connectivity index (χ4v) is 3.44. The van der Waals surface area contributed by atoms with Gasteiger partial charge in [-0.2, -0.15) is 0 Å². The number of fused-ring (bicyclic) bond motifs is 1. The van der Waals surface area contributed by atoms with Crippen molar-refractivity contribution in [2.75, 3.05) is 0 Å². The van der Waals surface area contributed by atoms with E-state index in [-0.39, 0.29) is 18.2 Å². The van der Waals surface area contributed by atoms with Crippen LogP contribution in [-0.4, -0.2) is 20.6 Å². The molecule has 25 heavy (non-hydrogen) atoms. The van der Waals surface area contributed by atoms with Crippen LogP contribution in [-0.2, 0) is 17.8 Å². The largest absolute Gasteiger partial charge is 0.493 e. The highest BCUT2D eigenvalue weighted by molar-refractivity contribution is 7.09. The molecule has 1 amide bonds. The molecular weight excluding hydrogens is 336 g/mol. The normalized spacial score (nSPS) is 11.8. The Morgan fingerprint density at radius 2 is 2.12 bits per heavy atom. The summed E-state index contributed by atoms with van der Waals surface area (Å²) in [6, 6.07) is 7.58. The summed E-state index contributed by atoms with van der Waals surface area (Å²) in [5.41, 5.74) is 2.10. The zero-order valence-corrected chi connectivity index (χ0v) is 15.2. The maximum absolute atomic E-state index is 12.0. The van der Waals surface area contributed by atoms with Crippen molar-refractivity contribution in [3.8, 4) is 5.88 Å². The lowest BCUT2D eigenvalue weighted by molar-refractivity contribution is -0.117. The quantitative estimate of drug-likeness (QED) is 0.677. The minimum absolute atomic E-state index is 0.0385. The van der Waals surface area contributed by atoms with Gasteiger partial charge in [-0.3, -0.25) is 4.79 Å². The number of hydrogen-bond acceptors (Lipinski definition) is 5. The molecule has 0 radical (unpaired) electrons. The van der Waals surface area contributed by atoms with Crippen LogP contribution in [0.3, 0.4) is 0 Å². The third-order valence-electron chi connectivity index (χ3n) is 3.70. The molecule has 0 saturated carbocycles.